The van der Waals surface area contributed by atoms with Gasteiger partial charge in [-0.3, -0.25) is 9.78 Å². The second-order valence-electron chi connectivity index (χ2n) is 5.93. The van der Waals surface area contributed by atoms with Crippen LogP contribution in [-0.2, 0) is 20.8 Å². The lowest BCUT2D eigenvalue weighted by atomic mass is 10.0. The number of aromatic nitrogens is 2. The van der Waals surface area contributed by atoms with Crippen LogP contribution in [0.4, 0.5) is 23.4 Å². The highest BCUT2D eigenvalue weighted by molar-refractivity contribution is 7.91. The maximum Gasteiger partial charge on any atom is 0.434 e. The number of rotatable bonds is 5. The molecule has 28 heavy (non-hydrogen) atoms. The van der Waals surface area contributed by atoms with Crippen LogP contribution in [0.25, 0.3) is 0 Å². The van der Waals surface area contributed by atoms with Gasteiger partial charge >= 0.3 is 6.18 Å². The summed E-state index contributed by atoms with van der Waals surface area (Å²) in [6.45, 7) is 0.846. The highest BCUT2D eigenvalue weighted by Gasteiger charge is 2.38. The van der Waals surface area contributed by atoms with E-state index in [2.05, 4.69) is 9.97 Å². The molecule has 1 heterocycles. The number of carbonyl (C=O) groups is 1. The van der Waals surface area contributed by atoms with Crippen LogP contribution in [0.5, 0.6) is 0 Å². The molecule has 1 atom stereocenters. The van der Waals surface area contributed by atoms with Crippen molar-refractivity contribution < 1.29 is 35.9 Å². The fourth-order valence-corrected chi connectivity index (χ4v) is 3.67. The lowest BCUT2D eigenvalue weighted by Gasteiger charge is -2.22. The number of carbonyl (C=O) groups excluding carboxylic acids is 1. The Bertz CT molecular complexity index is 995. The van der Waals surface area contributed by atoms with Crippen molar-refractivity contribution in [3.63, 3.8) is 0 Å². The molecule has 2 N–H and O–H groups in total. The van der Waals surface area contributed by atoms with Gasteiger partial charge in [-0.25, -0.2) is 17.8 Å². The normalized spacial score (nSPS) is 14.4. The van der Waals surface area contributed by atoms with Gasteiger partial charge in [-0.05, 0) is 31.2 Å². The number of nitrogens with one attached hydrogen (secondary N) is 1. The van der Waals surface area contributed by atoms with E-state index < -0.39 is 56.2 Å². The van der Waals surface area contributed by atoms with Crippen LogP contribution in [0.2, 0.25) is 0 Å². The molecule has 2 rings (SSSR count). The van der Waals surface area contributed by atoms with Crippen molar-refractivity contribution in [2.75, 3.05) is 11.1 Å². The predicted octanol–water partition coefficient (Wildman–Crippen LogP) is 0.592. The van der Waals surface area contributed by atoms with E-state index in [0.717, 1.165) is 31.2 Å². The summed E-state index contributed by atoms with van der Waals surface area (Å²) in [5, 5.41) is 12.1. The van der Waals surface area contributed by atoms with Gasteiger partial charge in [-0.2, -0.15) is 13.2 Å². The molecule has 13 heteroatoms. The summed E-state index contributed by atoms with van der Waals surface area (Å²) in [4.78, 5) is 18.2. The fraction of sp³-hybridized carbons (Fsp3) is 0.267. The lowest BCUT2D eigenvalue weighted by Crippen LogP contribution is -2.46. The van der Waals surface area contributed by atoms with Crippen LogP contribution in [-0.4, -0.2) is 48.6 Å². The van der Waals surface area contributed by atoms with Crippen molar-refractivity contribution in [2.45, 2.75) is 23.6 Å². The number of halogens is 4. The molecule has 2 aromatic rings. The Morgan fingerprint density at radius 1 is 1.25 bits per heavy atom. The van der Waals surface area contributed by atoms with Crippen molar-refractivity contribution in [3.8, 4) is 0 Å². The number of aliphatic hydroxyl groups is 1. The van der Waals surface area contributed by atoms with Crippen molar-refractivity contribution in [1.29, 1.82) is 0 Å². The number of hydrogen-bond acceptors (Lipinski definition) is 6. The highest BCUT2D eigenvalue weighted by atomic mass is 32.2. The molecule has 0 saturated heterocycles. The molecule has 0 aliphatic heterocycles. The molecule has 7 nitrogen and oxygen atoms in total. The highest BCUT2D eigenvalue weighted by Crippen LogP contribution is 2.26. The summed E-state index contributed by atoms with van der Waals surface area (Å²) in [6, 6.07) is 3.65. The molecule has 1 amide bonds. The van der Waals surface area contributed by atoms with E-state index >= 15 is 0 Å². The third kappa shape index (κ3) is 5.04. The Morgan fingerprint density at radius 3 is 2.36 bits per heavy atom. The molecule has 0 aliphatic rings. The number of hydrogen-bond donors (Lipinski definition) is 2. The van der Waals surface area contributed by atoms with E-state index in [9.17, 15) is 35.9 Å². The quantitative estimate of drug-likeness (QED) is 0.419. The van der Waals surface area contributed by atoms with E-state index in [1.54, 1.807) is 0 Å². The van der Waals surface area contributed by atoms with Gasteiger partial charge < -0.3 is 10.4 Å². The molecule has 0 saturated carbocycles. The lowest BCUT2D eigenvalue weighted by molar-refractivity contribution is -0.140. The van der Waals surface area contributed by atoms with Crippen molar-refractivity contribution in [2.24, 2.45) is 0 Å². The van der Waals surface area contributed by atoms with Gasteiger partial charge in [0.2, 0.25) is 0 Å². The largest absolute Gasteiger partial charge is 0.434 e. The van der Waals surface area contributed by atoms with Gasteiger partial charge in [0.05, 0.1) is 16.8 Å². The zero-order valence-electron chi connectivity index (χ0n) is 14.2. The topological polar surface area (TPSA) is 109 Å². The maximum absolute atomic E-state index is 12.9. The molecule has 1 aromatic carbocycles. The Balaban J connectivity index is 2.22. The smallest absolute Gasteiger partial charge is 0.379 e. The molecule has 148 valence electrons. The molecule has 0 bridgehead atoms. The van der Waals surface area contributed by atoms with Crippen LogP contribution in [0, 0.1) is 5.82 Å². The third-order valence-electron chi connectivity index (χ3n) is 3.44. The number of alkyl halides is 3. The van der Waals surface area contributed by atoms with Crippen molar-refractivity contribution in [3.05, 3.63) is 42.0 Å². The Hall–Kier alpha value is -2.54. The summed E-state index contributed by atoms with van der Waals surface area (Å²) < 4.78 is 75.9. The molecule has 0 unspecified atom stereocenters. The summed E-state index contributed by atoms with van der Waals surface area (Å²) in [5.74, 6) is -3.84. The maximum atomic E-state index is 12.9. The van der Waals surface area contributed by atoms with Crippen molar-refractivity contribution >= 4 is 35.0 Å². The molecule has 2 radical (unpaired) electrons. The fourth-order valence-electron chi connectivity index (χ4n) is 2.08. The monoisotopic (exact) mass is 417 g/mol. The van der Waals surface area contributed by atoms with Gasteiger partial charge in [-0.15, -0.1) is 0 Å². The van der Waals surface area contributed by atoms with Crippen LogP contribution < -0.4 is 10.9 Å². The van der Waals surface area contributed by atoms with Gasteiger partial charge in [0.15, 0.2) is 27.0 Å². The Morgan fingerprint density at radius 2 is 1.82 bits per heavy atom. The minimum absolute atomic E-state index is 0.353. The summed E-state index contributed by atoms with van der Waals surface area (Å²) in [7, 11) is 0.865. The van der Waals surface area contributed by atoms with E-state index in [-0.39, 0.29) is 4.90 Å². The number of amides is 1. The molecule has 0 fully saturated rings. The van der Waals surface area contributed by atoms with E-state index in [0.29, 0.717) is 6.20 Å². The first kappa shape index (κ1) is 21.8. The Labute approximate surface area is 158 Å². The van der Waals surface area contributed by atoms with Crippen LogP contribution in [0.1, 0.15) is 12.6 Å². The van der Waals surface area contributed by atoms with E-state index in [1.807, 2.05) is 5.32 Å². The van der Waals surface area contributed by atoms with Crippen molar-refractivity contribution in [1.82, 2.24) is 9.97 Å². The SMILES string of the molecule is [B]c1ncc(NC(=O)[C@@](C)(O)CS(=O)(=O)c2ccc(F)cc2)nc1C(F)(F)F. The number of sulfone groups is 1. The first-order valence-electron chi connectivity index (χ1n) is 7.44. The average molecular weight is 417 g/mol. The van der Waals surface area contributed by atoms with Crippen LogP contribution >= 0.6 is 0 Å². The summed E-state index contributed by atoms with van der Waals surface area (Å²) >= 11 is 0. The Kier molecular flexibility index (Phi) is 5.81. The zero-order valence-corrected chi connectivity index (χ0v) is 15.0. The van der Waals surface area contributed by atoms with Gasteiger partial charge in [0, 0.05) is 5.59 Å². The predicted molar refractivity (Wildman–Crippen MR) is 90.1 cm³/mol. The van der Waals surface area contributed by atoms with E-state index in [4.69, 9.17) is 7.85 Å². The van der Waals surface area contributed by atoms with Crippen LogP contribution in [0.15, 0.2) is 35.4 Å². The molecular weight excluding hydrogens is 405 g/mol. The van der Waals surface area contributed by atoms with Crippen LogP contribution in [0.3, 0.4) is 0 Å². The first-order chi connectivity index (χ1) is 12.7. The first-order valence-corrected chi connectivity index (χ1v) is 9.09. The van der Waals surface area contributed by atoms with Gasteiger partial charge in [-0.1, -0.05) is 0 Å². The molecule has 1 aromatic heterocycles. The minimum atomic E-state index is -4.94. The minimum Gasteiger partial charge on any atom is -0.379 e. The number of anilines is 1. The number of nitrogens with zero attached hydrogens (tertiary/aromatic N) is 2. The summed E-state index contributed by atoms with van der Waals surface area (Å²) in [6.07, 6.45) is -4.22. The molecule has 0 aliphatic carbocycles. The zero-order chi connectivity index (χ0) is 21.3. The standard InChI is InChI=1S/C15H12BF4N3O4S/c1-14(25,7-28(26,27)9-4-2-8(17)3-5-9)13(24)23-10-6-21-12(16)11(22-10)15(18,19)20/h2-6,25H,7H2,1H3,(H,22,23,24)/t14-/m0/s1. The molecule has 0 spiro atoms. The second kappa shape index (κ2) is 7.47. The van der Waals surface area contributed by atoms with Gasteiger partial charge in [0.25, 0.3) is 5.91 Å². The molecular formula is C15H12BF4N3O4S. The average Bonchev–Trinajstić information content (AvgIpc) is 2.55. The second-order valence-corrected chi connectivity index (χ2v) is 7.92. The third-order valence-corrected chi connectivity index (χ3v) is 5.38. The number of benzene rings is 1. The van der Waals surface area contributed by atoms with E-state index in [1.165, 1.54) is 0 Å². The summed E-state index contributed by atoms with van der Waals surface area (Å²) in [5.41, 5.74) is -5.02. The van der Waals surface area contributed by atoms with Gasteiger partial charge in [0.1, 0.15) is 13.7 Å².